The number of aliphatic hydroxyl groups excluding tert-OH is 1. The summed E-state index contributed by atoms with van der Waals surface area (Å²) in [7, 11) is 11.4. The van der Waals surface area contributed by atoms with E-state index in [1.54, 1.807) is 41.7 Å². The summed E-state index contributed by atoms with van der Waals surface area (Å²) in [5.41, 5.74) is -4.27. The molecule has 4 saturated heterocycles. The number of aliphatic hydroxyl groups is 2. The first-order chi connectivity index (χ1) is 32.2. The van der Waals surface area contributed by atoms with E-state index < -0.39 is 108 Å². The molecule has 4 fully saturated rings. The lowest BCUT2D eigenvalue weighted by Gasteiger charge is -2.50. The second-order valence-electron chi connectivity index (χ2n) is 21.9. The largest absolute Gasteiger partial charge is 0.459 e. The molecule has 4 rings (SSSR count). The minimum atomic E-state index is -1.98. The van der Waals surface area contributed by atoms with Crippen molar-refractivity contribution < 1.29 is 67.2 Å². The van der Waals surface area contributed by atoms with Crippen LogP contribution >= 0.6 is 0 Å². The molecule has 18 nitrogen and oxygen atoms in total. The molecule has 4 aliphatic heterocycles. The van der Waals surface area contributed by atoms with Gasteiger partial charge in [-0.1, -0.05) is 27.7 Å². The minimum Gasteiger partial charge on any atom is -0.459 e. The number of methoxy groups -OCH3 is 2. The summed E-state index contributed by atoms with van der Waals surface area (Å²) >= 11 is 0. The van der Waals surface area contributed by atoms with Gasteiger partial charge in [0.1, 0.15) is 29.2 Å². The molecule has 4 heterocycles. The Morgan fingerprint density at radius 1 is 0.826 bits per heavy atom. The standard InChI is InChI=1S/C51H94N4O14/c1-18-39-51(11,60)44(58)33(4)41(57)31(2)29-49(9,61-16)45(34(5)42(35(6)47(59)67-39)68-40-30-50(10,62-17)46(36(7)65-40)66-37(8)56)69-48-43(38(53(14)15)28-32(3)64-48)63-27-19-20-54-23-25-55(26-24-54)22-21-52(12)13/h31-36,38-40,42-46,48,58,60H,18-30H2,1-17H3/t31-,32-,33+,34+,35-,36+,38+,39-,40+,42+,43-,44-,45-,46+,48+,49+,50-,51-/m1/s1. The molecule has 2 N–H and O–H groups in total. The number of hydrogen-bond donors (Lipinski definition) is 2. The van der Waals surface area contributed by atoms with E-state index in [0.29, 0.717) is 13.0 Å². The molecular weight excluding hydrogens is 893 g/mol. The molecule has 0 aromatic rings. The monoisotopic (exact) mass is 987 g/mol. The van der Waals surface area contributed by atoms with Gasteiger partial charge < -0.3 is 67.5 Å². The average Bonchev–Trinajstić information content (AvgIpc) is 3.29. The van der Waals surface area contributed by atoms with Crippen LogP contribution in [0.15, 0.2) is 0 Å². The number of rotatable bonds is 17. The Labute approximate surface area is 414 Å². The molecule has 0 unspecified atom stereocenters. The molecule has 0 saturated carbocycles. The van der Waals surface area contributed by atoms with Gasteiger partial charge in [0.25, 0.3) is 0 Å². The van der Waals surface area contributed by atoms with Gasteiger partial charge in [0.05, 0.1) is 42.0 Å². The second-order valence-corrected chi connectivity index (χ2v) is 21.9. The van der Waals surface area contributed by atoms with Gasteiger partial charge in [0, 0.05) is 104 Å². The molecule has 0 spiro atoms. The molecule has 0 aliphatic carbocycles. The van der Waals surface area contributed by atoms with Crippen molar-refractivity contribution in [3.8, 4) is 0 Å². The van der Waals surface area contributed by atoms with Crippen molar-refractivity contribution in [2.24, 2.45) is 23.7 Å². The van der Waals surface area contributed by atoms with E-state index in [1.807, 2.05) is 41.8 Å². The van der Waals surface area contributed by atoms with E-state index in [4.69, 9.17) is 42.6 Å². The molecule has 18 atom stereocenters. The summed E-state index contributed by atoms with van der Waals surface area (Å²) in [5, 5.41) is 23.6. The molecule has 0 radical (unpaired) electrons. The first-order valence-corrected chi connectivity index (χ1v) is 25.6. The number of ether oxygens (including phenoxy) is 9. The van der Waals surface area contributed by atoms with E-state index >= 15 is 0 Å². The maximum absolute atomic E-state index is 14.6. The number of nitrogens with zero attached hydrogens (tertiary/aromatic N) is 4. The third-order valence-electron chi connectivity index (χ3n) is 15.8. The Kier molecular flexibility index (Phi) is 22.3. The summed E-state index contributed by atoms with van der Waals surface area (Å²) < 4.78 is 58.8. The van der Waals surface area contributed by atoms with Gasteiger partial charge in [-0.15, -0.1) is 0 Å². The molecule has 402 valence electrons. The van der Waals surface area contributed by atoms with E-state index in [1.165, 1.54) is 21.0 Å². The molecule has 69 heavy (non-hydrogen) atoms. The number of hydrogen-bond acceptors (Lipinski definition) is 18. The van der Waals surface area contributed by atoms with Gasteiger partial charge in [-0.3, -0.25) is 19.3 Å². The fourth-order valence-corrected chi connectivity index (χ4v) is 11.2. The highest BCUT2D eigenvalue weighted by Crippen LogP contribution is 2.42. The van der Waals surface area contributed by atoms with Crippen molar-refractivity contribution in [3.63, 3.8) is 0 Å². The smallest absolute Gasteiger partial charge is 0.311 e. The van der Waals surface area contributed by atoms with Crippen molar-refractivity contribution in [1.82, 2.24) is 19.6 Å². The number of ketones is 1. The van der Waals surface area contributed by atoms with Crippen molar-refractivity contribution in [2.75, 3.05) is 94.8 Å². The van der Waals surface area contributed by atoms with E-state index in [-0.39, 0.29) is 37.2 Å². The zero-order valence-electron chi connectivity index (χ0n) is 45.4. The zero-order chi connectivity index (χ0) is 51.8. The molecule has 4 aliphatic rings. The van der Waals surface area contributed by atoms with E-state index in [2.05, 4.69) is 33.7 Å². The Balaban J connectivity index is 1.76. The van der Waals surface area contributed by atoms with Crippen molar-refractivity contribution >= 4 is 17.7 Å². The number of piperazine rings is 1. The second kappa shape index (κ2) is 25.8. The van der Waals surface area contributed by atoms with Crippen LogP contribution in [0.25, 0.3) is 0 Å². The van der Waals surface area contributed by atoms with Crippen LogP contribution in [-0.4, -0.2) is 227 Å². The molecule has 0 amide bonds. The van der Waals surface area contributed by atoms with Crippen LogP contribution in [0.4, 0.5) is 0 Å². The predicted octanol–water partition coefficient (Wildman–Crippen LogP) is 3.60. The number of cyclic esters (lactones) is 1. The Bertz CT molecular complexity index is 1620. The number of carbonyl (C=O) groups excluding carboxylic acids is 3. The molecular formula is C51H94N4O14. The third-order valence-corrected chi connectivity index (χ3v) is 15.8. The topological polar surface area (TPSA) is 188 Å². The molecule has 0 aromatic heterocycles. The Hall–Kier alpha value is -1.91. The average molecular weight is 987 g/mol. The molecule has 18 heteroatoms. The maximum Gasteiger partial charge on any atom is 0.311 e. The highest BCUT2D eigenvalue weighted by molar-refractivity contribution is 5.83. The van der Waals surface area contributed by atoms with E-state index in [9.17, 15) is 24.6 Å². The first kappa shape index (κ1) is 59.7. The van der Waals surface area contributed by atoms with Crippen LogP contribution in [0, 0.1) is 23.7 Å². The summed E-state index contributed by atoms with van der Waals surface area (Å²) in [6.45, 7) is 26.5. The third kappa shape index (κ3) is 15.1. The van der Waals surface area contributed by atoms with Crippen LogP contribution in [-0.2, 0) is 57.0 Å². The van der Waals surface area contributed by atoms with Crippen LogP contribution in [0.5, 0.6) is 0 Å². The van der Waals surface area contributed by atoms with Crippen LogP contribution < -0.4 is 0 Å². The van der Waals surface area contributed by atoms with Gasteiger partial charge in [0.15, 0.2) is 18.7 Å². The molecule has 0 bridgehead atoms. The van der Waals surface area contributed by atoms with Crippen molar-refractivity contribution in [2.45, 2.75) is 193 Å². The van der Waals surface area contributed by atoms with Crippen molar-refractivity contribution in [3.05, 3.63) is 0 Å². The molecule has 0 aromatic carbocycles. The van der Waals surface area contributed by atoms with Gasteiger partial charge in [-0.25, -0.2) is 0 Å². The van der Waals surface area contributed by atoms with Gasteiger partial charge >= 0.3 is 11.9 Å². The summed E-state index contributed by atoms with van der Waals surface area (Å²) in [6, 6.07) is -0.0850. The lowest BCUT2D eigenvalue weighted by Crippen LogP contribution is -2.62. The van der Waals surface area contributed by atoms with Crippen LogP contribution in [0.1, 0.15) is 108 Å². The van der Waals surface area contributed by atoms with Crippen LogP contribution in [0.3, 0.4) is 0 Å². The Morgan fingerprint density at radius 2 is 1.42 bits per heavy atom. The summed E-state index contributed by atoms with van der Waals surface area (Å²) in [5.74, 6) is -4.92. The maximum atomic E-state index is 14.6. The van der Waals surface area contributed by atoms with Gasteiger partial charge in [0.2, 0.25) is 0 Å². The van der Waals surface area contributed by atoms with Gasteiger partial charge in [-0.05, 0) is 95.4 Å². The lowest BCUT2D eigenvalue weighted by atomic mass is 9.74. The van der Waals surface area contributed by atoms with Crippen LogP contribution in [0.2, 0.25) is 0 Å². The summed E-state index contributed by atoms with van der Waals surface area (Å²) in [4.78, 5) is 50.6. The van der Waals surface area contributed by atoms with Gasteiger partial charge in [-0.2, -0.15) is 0 Å². The van der Waals surface area contributed by atoms with Crippen molar-refractivity contribution in [1.29, 1.82) is 0 Å². The number of esters is 2. The quantitative estimate of drug-likeness (QED) is 0.159. The number of Topliss-reactive ketones (excluding diaryl/α,β-unsaturated/α-hetero) is 1. The zero-order valence-corrected chi connectivity index (χ0v) is 45.4. The number of carbonyl (C=O) groups is 3. The predicted molar refractivity (Wildman–Crippen MR) is 260 cm³/mol. The van der Waals surface area contributed by atoms with E-state index in [0.717, 1.165) is 52.2 Å². The normalized spacial score (nSPS) is 41.8. The lowest BCUT2D eigenvalue weighted by molar-refractivity contribution is -0.323. The minimum absolute atomic E-state index is 0.0850. The fraction of sp³-hybridized carbons (Fsp3) is 0.941. The fourth-order valence-electron chi connectivity index (χ4n) is 11.2. The Morgan fingerprint density at radius 3 is 1.97 bits per heavy atom. The number of likely N-dealkylation sites (N-methyl/N-ethyl adjacent to an activating group) is 2. The first-order valence-electron chi connectivity index (χ1n) is 25.6. The SMILES string of the molecule is CC[C@H]1OC(=O)[C@H](C)[C@@H](O[C@H]2C[C@@](C)(OC)[C@@H](OC(C)=O)[C@H](C)O2)[C@H](C)[C@@H](O[C@@H]2O[C@H](C)C[C@H](N(C)C)[C@H]2OCCCN2CCN(CCN(C)C)CC2)[C@@](C)(OC)C[C@@H](C)C(=O)[C@H](C)[C@@H](O)[C@]1(C)O. The highest BCUT2D eigenvalue weighted by Gasteiger charge is 2.55. The summed E-state index contributed by atoms with van der Waals surface area (Å²) in [6.07, 6.45) is -6.83. The highest BCUT2D eigenvalue weighted by atomic mass is 16.7.